The van der Waals surface area contributed by atoms with E-state index >= 15 is 0 Å². The molecule has 0 aliphatic carbocycles. The Morgan fingerprint density at radius 3 is 2.89 bits per heavy atom. The van der Waals surface area contributed by atoms with Gasteiger partial charge in [0.05, 0.1) is 19.3 Å². The van der Waals surface area contributed by atoms with Crippen molar-refractivity contribution >= 4 is 0 Å². The molecule has 0 aliphatic heterocycles. The fourth-order valence-electron chi connectivity index (χ4n) is 1.76. The molecule has 1 atom stereocenters. The highest BCUT2D eigenvalue weighted by molar-refractivity contribution is 5.14. The molecule has 2 heterocycles. The van der Waals surface area contributed by atoms with Crippen LogP contribution >= 0.6 is 0 Å². The Kier molecular flexibility index (Phi) is 4.44. The first-order chi connectivity index (χ1) is 8.79. The molecule has 2 aromatic heterocycles. The minimum Gasteiger partial charge on any atom is -0.394 e. The van der Waals surface area contributed by atoms with Crippen LogP contribution in [0.3, 0.4) is 0 Å². The lowest BCUT2D eigenvalue weighted by Gasteiger charge is -2.12. The minimum atomic E-state index is 0.113. The number of rotatable bonds is 6. The van der Waals surface area contributed by atoms with Crippen molar-refractivity contribution in [2.75, 3.05) is 6.61 Å². The second-order valence-corrected chi connectivity index (χ2v) is 4.22. The number of aliphatic hydroxyl groups excluding tert-OH is 1. The van der Waals surface area contributed by atoms with Gasteiger partial charge in [0.15, 0.2) is 0 Å². The zero-order valence-electron chi connectivity index (χ0n) is 10.5. The van der Waals surface area contributed by atoms with Gasteiger partial charge in [0.25, 0.3) is 0 Å². The van der Waals surface area contributed by atoms with Crippen molar-refractivity contribution in [1.82, 2.24) is 20.1 Å². The third kappa shape index (κ3) is 3.38. The molecular weight excluding hydrogens is 228 g/mol. The van der Waals surface area contributed by atoms with Crippen LogP contribution in [0.15, 0.2) is 36.9 Å². The second kappa shape index (κ2) is 6.28. The maximum absolute atomic E-state index is 8.81. The van der Waals surface area contributed by atoms with E-state index in [1.54, 1.807) is 17.1 Å². The first-order valence-corrected chi connectivity index (χ1v) is 6.05. The van der Waals surface area contributed by atoms with Crippen LogP contribution in [0.2, 0.25) is 0 Å². The van der Waals surface area contributed by atoms with E-state index in [0.717, 1.165) is 12.1 Å². The molecule has 96 valence electrons. The molecule has 0 saturated heterocycles. The van der Waals surface area contributed by atoms with E-state index < -0.39 is 0 Å². The number of aliphatic hydroxyl groups is 1. The molecule has 0 aromatic carbocycles. The molecule has 0 aliphatic rings. The highest BCUT2D eigenvalue weighted by Crippen LogP contribution is 2.11. The fraction of sp³-hybridized carbons (Fsp3) is 0.385. The molecule has 0 radical (unpaired) electrons. The summed E-state index contributed by atoms with van der Waals surface area (Å²) in [6.45, 7) is 3.53. The number of pyridine rings is 1. The van der Waals surface area contributed by atoms with Gasteiger partial charge in [-0.2, -0.15) is 5.10 Å². The smallest absolute Gasteiger partial charge is 0.0640 e. The molecular formula is C13H18N4O. The summed E-state index contributed by atoms with van der Waals surface area (Å²) < 4.78 is 1.74. The number of hydrogen-bond acceptors (Lipinski definition) is 4. The number of aromatic nitrogens is 3. The van der Waals surface area contributed by atoms with E-state index in [9.17, 15) is 0 Å². The van der Waals surface area contributed by atoms with E-state index in [4.69, 9.17) is 5.11 Å². The van der Waals surface area contributed by atoms with E-state index in [0.29, 0.717) is 6.54 Å². The molecule has 2 N–H and O–H groups in total. The van der Waals surface area contributed by atoms with E-state index in [-0.39, 0.29) is 12.6 Å². The first kappa shape index (κ1) is 12.7. The average Bonchev–Trinajstić information content (AvgIpc) is 2.85. The summed E-state index contributed by atoms with van der Waals surface area (Å²) >= 11 is 0. The quantitative estimate of drug-likeness (QED) is 0.802. The topological polar surface area (TPSA) is 63.0 Å². The Hall–Kier alpha value is -1.72. The van der Waals surface area contributed by atoms with Gasteiger partial charge in [-0.1, -0.05) is 0 Å². The Bertz CT molecular complexity index is 469. The molecule has 5 heteroatoms. The van der Waals surface area contributed by atoms with Crippen LogP contribution in [-0.2, 0) is 13.1 Å². The second-order valence-electron chi connectivity index (χ2n) is 4.22. The molecule has 0 bridgehead atoms. The molecule has 0 fully saturated rings. The molecule has 5 nitrogen and oxygen atoms in total. The van der Waals surface area contributed by atoms with Crippen LogP contribution in [0, 0.1) is 0 Å². The van der Waals surface area contributed by atoms with Crippen LogP contribution in [0.5, 0.6) is 0 Å². The van der Waals surface area contributed by atoms with Crippen molar-refractivity contribution in [3.63, 3.8) is 0 Å². The monoisotopic (exact) mass is 246 g/mol. The molecule has 2 rings (SSSR count). The third-order valence-corrected chi connectivity index (χ3v) is 2.83. The standard InChI is InChI=1S/C13H18N4O/c1-11(13-2-4-14-5-3-13)15-8-12-9-16-17(10-12)6-7-18/h2-5,9-11,15,18H,6-8H2,1H3. The van der Waals surface area contributed by atoms with Gasteiger partial charge in [0, 0.05) is 36.7 Å². The summed E-state index contributed by atoms with van der Waals surface area (Å²) in [6, 6.07) is 4.29. The van der Waals surface area contributed by atoms with Crippen LogP contribution in [-0.4, -0.2) is 26.5 Å². The van der Waals surface area contributed by atoms with Gasteiger partial charge in [0.1, 0.15) is 0 Å². The molecule has 0 spiro atoms. The van der Waals surface area contributed by atoms with Crippen molar-refractivity contribution in [3.05, 3.63) is 48.0 Å². The van der Waals surface area contributed by atoms with Crippen molar-refractivity contribution in [2.24, 2.45) is 0 Å². The maximum Gasteiger partial charge on any atom is 0.0640 e. The average molecular weight is 246 g/mol. The summed E-state index contributed by atoms with van der Waals surface area (Å²) in [7, 11) is 0. The zero-order chi connectivity index (χ0) is 12.8. The lowest BCUT2D eigenvalue weighted by molar-refractivity contribution is 0.269. The number of nitrogens with one attached hydrogen (secondary N) is 1. The van der Waals surface area contributed by atoms with Crippen LogP contribution < -0.4 is 5.32 Å². The molecule has 2 aromatic rings. The normalized spacial score (nSPS) is 12.6. The van der Waals surface area contributed by atoms with Crippen molar-refractivity contribution < 1.29 is 5.11 Å². The highest BCUT2D eigenvalue weighted by Gasteiger charge is 2.05. The first-order valence-electron chi connectivity index (χ1n) is 6.05. The summed E-state index contributed by atoms with van der Waals surface area (Å²) in [5.41, 5.74) is 2.33. The van der Waals surface area contributed by atoms with Gasteiger partial charge in [0.2, 0.25) is 0 Å². The van der Waals surface area contributed by atoms with Crippen LogP contribution in [0.1, 0.15) is 24.1 Å². The van der Waals surface area contributed by atoms with Crippen LogP contribution in [0.4, 0.5) is 0 Å². The van der Waals surface area contributed by atoms with Gasteiger partial charge in [-0.05, 0) is 24.6 Å². The molecule has 0 saturated carbocycles. The lowest BCUT2D eigenvalue weighted by Crippen LogP contribution is -2.17. The predicted octanol–water partition coefficient (Wildman–Crippen LogP) is 1.12. The Labute approximate surface area is 106 Å². The SMILES string of the molecule is CC(NCc1cnn(CCO)c1)c1ccncc1. The van der Waals surface area contributed by atoms with Crippen molar-refractivity contribution in [1.29, 1.82) is 0 Å². The van der Waals surface area contributed by atoms with Gasteiger partial charge in [-0.15, -0.1) is 0 Å². The summed E-state index contributed by atoms with van der Waals surface area (Å²) in [5, 5.41) is 16.4. The molecule has 1 unspecified atom stereocenters. The van der Waals surface area contributed by atoms with E-state index in [2.05, 4.69) is 22.3 Å². The van der Waals surface area contributed by atoms with E-state index in [1.807, 2.05) is 24.5 Å². The lowest BCUT2D eigenvalue weighted by atomic mass is 10.1. The Morgan fingerprint density at radius 2 is 2.17 bits per heavy atom. The van der Waals surface area contributed by atoms with Gasteiger partial charge >= 0.3 is 0 Å². The van der Waals surface area contributed by atoms with Crippen molar-refractivity contribution in [3.8, 4) is 0 Å². The Balaban J connectivity index is 1.87. The fourth-order valence-corrected chi connectivity index (χ4v) is 1.76. The minimum absolute atomic E-state index is 0.113. The highest BCUT2D eigenvalue weighted by atomic mass is 16.3. The van der Waals surface area contributed by atoms with Crippen LogP contribution in [0.25, 0.3) is 0 Å². The van der Waals surface area contributed by atoms with Gasteiger partial charge < -0.3 is 10.4 Å². The zero-order valence-corrected chi connectivity index (χ0v) is 10.5. The number of hydrogen-bond donors (Lipinski definition) is 2. The summed E-state index contributed by atoms with van der Waals surface area (Å²) in [5.74, 6) is 0. The summed E-state index contributed by atoms with van der Waals surface area (Å²) in [6.07, 6.45) is 7.37. The predicted molar refractivity (Wildman–Crippen MR) is 68.8 cm³/mol. The third-order valence-electron chi connectivity index (χ3n) is 2.83. The van der Waals surface area contributed by atoms with Crippen molar-refractivity contribution in [2.45, 2.75) is 26.1 Å². The molecule has 18 heavy (non-hydrogen) atoms. The number of nitrogens with zero attached hydrogens (tertiary/aromatic N) is 3. The Morgan fingerprint density at radius 1 is 1.39 bits per heavy atom. The maximum atomic E-state index is 8.81. The largest absolute Gasteiger partial charge is 0.394 e. The molecule has 0 amide bonds. The van der Waals surface area contributed by atoms with E-state index in [1.165, 1.54) is 5.56 Å². The summed E-state index contributed by atoms with van der Waals surface area (Å²) in [4.78, 5) is 4.01. The van der Waals surface area contributed by atoms with Gasteiger partial charge in [-0.25, -0.2) is 0 Å². The van der Waals surface area contributed by atoms with Gasteiger partial charge in [-0.3, -0.25) is 9.67 Å².